The highest BCUT2D eigenvalue weighted by Crippen LogP contribution is 2.41. The molecule has 2 aromatic carbocycles. The Hall–Kier alpha value is -1.38. The Morgan fingerprint density at radius 3 is 1.55 bits per heavy atom. The second-order valence-electron chi connectivity index (χ2n) is 5.99. The summed E-state index contributed by atoms with van der Waals surface area (Å²) in [5.74, 6) is 0.423. The van der Waals surface area contributed by atoms with Gasteiger partial charge in [-0.05, 0) is 34.9 Å². The molecule has 0 amide bonds. The topological polar surface area (TPSA) is 19.9 Å². The summed E-state index contributed by atoms with van der Waals surface area (Å²) < 4.78 is 0. The summed E-state index contributed by atoms with van der Waals surface area (Å²) in [6, 6.07) is 20.9. The molecule has 0 aliphatic carbocycles. The van der Waals surface area contributed by atoms with Gasteiger partial charge >= 0.3 is 0 Å². The molecule has 0 bridgehead atoms. The van der Waals surface area contributed by atoms with E-state index in [0.29, 0.717) is 5.92 Å². The zero-order valence-corrected chi connectivity index (χ0v) is 13.8. The maximum atomic E-state index is 12.1. The summed E-state index contributed by atoms with van der Waals surface area (Å²) in [4.78, 5) is 12.1. The van der Waals surface area contributed by atoms with Gasteiger partial charge in [0, 0.05) is 0 Å². The first-order valence-electron chi connectivity index (χ1n) is 7.32. The van der Waals surface area contributed by atoms with Gasteiger partial charge in [-0.1, -0.05) is 74.5 Å². The zero-order valence-electron chi connectivity index (χ0n) is 12.4. The third-order valence-corrected chi connectivity index (χ3v) is 6.20. The molecule has 0 heterocycles. The molecule has 0 atom stereocenters. The van der Waals surface area contributed by atoms with Crippen LogP contribution in [0.2, 0.25) is 5.04 Å². The van der Waals surface area contributed by atoms with E-state index in [0.717, 1.165) is 12.8 Å². The van der Waals surface area contributed by atoms with Crippen LogP contribution in [0.3, 0.4) is 0 Å². The van der Waals surface area contributed by atoms with Crippen molar-refractivity contribution in [2.24, 2.45) is 5.92 Å². The predicted octanol–water partition coefficient (Wildman–Crippen LogP) is 3.80. The fourth-order valence-electron chi connectivity index (χ4n) is 2.74. The van der Waals surface area contributed by atoms with Gasteiger partial charge in [0.2, 0.25) is 9.76 Å². The van der Waals surface area contributed by atoms with Crippen molar-refractivity contribution in [3.05, 3.63) is 71.8 Å². The molecule has 0 aromatic heterocycles. The lowest BCUT2D eigenvalue weighted by atomic mass is 9.83. The number of hydrogen-bond donors (Lipinski definition) is 0. The first kappa shape index (κ1) is 15.0. The van der Waals surface area contributed by atoms with E-state index in [-0.39, 0.29) is 5.04 Å². The van der Waals surface area contributed by atoms with Crippen LogP contribution in [-0.2, 0) is 17.6 Å². The van der Waals surface area contributed by atoms with E-state index in [1.165, 1.54) is 11.1 Å². The van der Waals surface area contributed by atoms with Crippen molar-refractivity contribution in [3.8, 4) is 0 Å². The quantitative estimate of drug-likeness (QED) is 0.719. The van der Waals surface area contributed by atoms with Crippen LogP contribution in [-0.4, -0.2) is 9.76 Å². The standard InChI is InChI=1S/C18H23OSi/c1-15(2)18(20-19,13-16-9-5-3-6-10-16)14-17-11-7-4-8-12-17/h3-12,15H,13-14,20H2,1-2H3. The van der Waals surface area contributed by atoms with E-state index >= 15 is 0 Å². The van der Waals surface area contributed by atoms with Crippen LogP contribution < -0.4 is 0 Å². The first-order valence-corrected chi connectivity index (χ1v) is 8.61. The molecular formula is C18H23OSi. The van der Waals surface area contributed by atoms with Crippen molar-refractivity contribution in [2.45, 2.75) is 31.7 Å². The normalized spacial score (nSPS) is 12.4. The van der Waals surface area contributed by atoms with E-state index in [9.17, 15) is 4.80 Å². The summed E-state index contributed by atoms with van der Waals surface area (Å²) in [6.07, 6.45) is 1.83. The van der Waals surface area contributed by atoms with Gasteiger partial charge < -0.3 is 4.80 Å². The van der Waals surface area contributed by atoms with Crippen molar-refractivity contribution in [2.75, 3.05) is 0 Å². The number of benzene rings is 2. The van der Waals surface area contributed by atoms with Crippen LogP contribution in [0.5, 0.6) is 0 Å². The van der Waals surface area contributed by atoms with Crippen LogP contribution in [0, 0.1) is 5.92 Å². The van der Waals surface area contributed by atoms with Crippen molar-refractivity contribution in [1.29, 1.82) is 0 Å². The molecule has 2 rings (SSSR count). The van der Waals surface area contributed by atoms with E-state index in [4.69, 9.17) is 0 Å². The first-order chi connectivity index (χ1) is 9.66. The molecular weight excluding hydrogens is 260 g/mol. The molecule has 0 aliphatic rings. The fourth-order valence-corrected chi connectivity index (χ4v) is 3.86. The van der Waals surface area contributed by atoms with Crippen molar-refractivity contribution < 1.29 is 4.80 Å². The monoisotopic (exact) mass is 283 g/mol. The van der Waals surface area contributed by atoms with E-state index in [2.05, 4.69) is 62.4 Å². The molecule has 1 nitrogen and oxygen atoms in total. The minimum Gasteiger partial charge on any atom is -0.306 e. The highest BCUT2D eigenvalue weighted by atomic mass is 28.2. The van der Waals surface area contributed by atoms with Crippen molar-refractivity contribution >= 4 is 9.76 Å². The summed E-state index contributed by atoms with van der Waals surface area (Å²) in [5, 5.41) is -0.0668. The van der Waals surface area contributed by atoms with Crippen molar-refractivity contribution in [1.82, 2.24) is 0 Å². The van der Waals surface area contributed by atoms with Crippen molar-refractivity contribution in [3.63, 3.8) is 0 Å². The lowest BCUT2D eigenvalue weighted by Crippen LogP contribution is -2.31. The third-order valence-electron chi connectivity index (χ3n) is 4.31. The van der Waals surface area contributed by atoms with Crippen LogP contribution >= 0.6 is 0 Å². The Balaban J connectivity index is 2.26. The van der Waals surface area contributed by atoms with Crippen LogP contribution in [0.1, 0.15) is 25.0 Å². The van der Waals surface area contributed by atoms with Gasteiger partial charge in [-0.15, -0.1) is 0 Å². The van der Waals surface area contributed by atoms with Gasteiger partial charge in [-0.2, -0.15) is 0 Å². The lowest BCUT2D eigenvalue weighted by Gasteiger charge is -2.35. The molecule has 2 aromatic rings. The minimum atomic E-state index is -1.36. The van der Waals surface area contributed by atoms with E-state index in [1.54, 1.807) is 0 Å². The largest absolute Gasteiger partial charge is 0.306 e. The molecule has 20 heavy (non-hydrogen) atoms. The third kappa shape index (κ3) is 3.59. The van der Waals surface area contributed by atoms with Gasteiger partial charge in [0.05, 0.1) is 0 Å². The number of hydrogen-bond acceptors (Lipinski definition) is 0. The fraction of sp³-hybridized carbons (Fsp3) is 0.333. The van der Waals surface area contributed by atoms with Gasteiger partial charge in [-0.25, -0.2) is 0 Å². The Morgan fingerprint density at radius 2 is 1.25 bits per heavy atom. The highest BCUT2D eigenvalue weighted by Gasteiger charge is 2.35. The summed E-state index contributed by atoms with van der Waals surface area (Å²) in [5.41, 5.74) is 2.58. The summed E-state index contributed by atoms with van der Waals surface area (Å²) >= 11 is 0. The maximum absolute atomic E-state index is 12.1. The Kier molecular flexibility index (Phi) is 5.15. The van der Waals surface area contributed by atoms with E-state index < -0.39 is 9.76 Å². The number of rotatable bonds is 6. The highest BCUT2D eigenvalue weighted by molar-refractivity contribution is 6.30. The van der Waals surface area contributed by atoms with Crippen LogP contribution in [0.25, 0.3) is 0 Å². The molecule has 0 N–H and O–H groups in total. The van der Waals surface area contributed by atoms with Gasteiger partial charge in [0.1, 0.15) is 0 Å². The van der Waals surface area contributed by atoms with Crippen LogP contribution in [0.15, 0.2) is 60.7 Å². The predicted molar refractivity (Wildman–Crippen MR) is 87.1 cm³/mol. The van der Waals surface area contributed by atoms with Gasteiger partial charge in [0.25, 0.3) is 0 Å². The summed E-state index contributed by atoms with van der Waals surface area (Å²) in [7, 11) is -1.36. The molecule has 0 saturated heterocycles. The molecule has 0 unspecified atom stereocenters. The second kappa shape index (κ2) is 6.87. The molecule has 105 valence electrons. The SMILES string of the molecule is CC(C)C(Cc1ccccc1)(Cc1ccccc1)[SiH2][O]. The molecule has 0 aliphatic heterocycles. The van der Waals surface area contributed by atoms with E-state index in [1.807, 2.05) is 12.1 Å². The smallest absolute Gasteiger partial charge is 0.214 e. The average molecular weight is 283 g/mol. The average Bonchev–Trinajstić information content (AvgIpc) is 2.48. The molecule has 0 fully saturated rings. The Labute approximate surface area is 124 Å². The van der Waals surface area contributed by atoms with Gasteiger partial charge in [-0.3, -0.25) is 0 Å². The molecule has 0 spiro atoms. The lowest BCUT2D eigenvalue weighted by molar-refractivity contribution is 0.335. The molecule has 2 heteroatoms. The second-order valence-corrected chi connectivity index (χ2v) is 7.68. The maximum Gasteiger partial charge on any atom is 0.214 e. The van der Waals surface area contributed by atoms with Gasteiger partial charge in [0.15, 0.2) is 0 Å². The summed E-state index contributed by atoms with van der Waals surface area (Å²) in [6.45, 7) is 4.41. The molecule has 0 saturated carbocycles. The molecule has 1 radical (unpaired) electrons. The Bertz CT molecular complexity index is 466. The van der Waals surface area contributed by atoms with Crippen LogP contribution in [0.4, 0.5) is 0 Å². The minimum absolute atomic E-state index is 0.0668. The Morgan fingerprint density at radius 1 is 0.850 bits per heavy atom. The zero-order chi connectivity index (χ0) is 14.4.